The second-order valence-electron chi connectivity index (χ2n) is 4.90. The highest BCUT2D eigenvalue weighted by atomic mass is 35.5. The molecule has 2 N–H and O–H groups in total. The molecule has 1 aliphatic carbocycles. The highest BCUT2D eigenvalue weighted by Crippen LogP contribution is 2.31. The van der Waals surface area contributed by atoms with Gasteiger partial charge in [0.05, 0.1) is 16.3 Å². The van der Waals surface area contributed by atoms with Gasteiger partial charge in [-0.2, -0.15) is 0 Å². The van der Waals surface area contributed by atoms with E-state index in [4.69, 9.17) is 17.3 Å². The quantitative estimate of drug-likeness (QED) is 0.832. The molecule has 18 heavy (non-hydrogen) atoms. The number of hydrogen-bond donors (Lipinski definition) is 1. The van der Waals surface area contributed by atoms with Gasteiger partial charge >= 0.3 is 0 Å². The molecule has 0 bridgehead atoms. The Morgan fingerprint density at radius 2 is 2.22 bits per heavy atom. The molecule has 0 unspecified atom stereocenters. The van der Waals surface area contributed by atoms with Gasteiger partial charge in [0.2, 0.25) is 0 Å². The van der Waals surface area contributed by atoms with E-state index in [1.54, 1.807) is 18.2 Å². The largest absolute Gasteiger partial charge is 0.398 e. The van der Waals surface area contributed by atoms with E-state index < -0.39 is 0 Å². The van der Waals surface area contributed by atoms with E-state index >= 15 is 0 Å². The number of nitrogen functional groups attached to an aromatic ring is 1. The molecule has 0 saturated heterocycles. The van der Waals surface area contributed by atoms with Crippen molar-refractivity contribution in [2.24, 2.45) is 5.92 Å². The van der Waals surface area contributed by atoms with E-state index in [9.17, 15) is 4.79 Å². The Bertz CT molecular complexity index is 443. The van der Waals surface area contributed by atoms with Crippen LogP contribution in [0.3, 0.4) is 0 Å². The molecule has 2 rings (SSSR count). The summed E-state index contributed by atoms with van der Waals surface area (Å²) in [6.07, 6.45) is 3.43. The molecule has 3 nitrogen and oxygen atoms in total. The van der Waals surface area contributed by atoms with Crippen LogP contribution in [0.15, 0.2) is 18.2 Å². The third-order valence-electron chi connectivity index (χ3n) is 3.22. The molecule has 0 atom stereocenters. The summed E-state index contributed by atoms with van der Waals surface area (Å²) in [6, 6.07) is 5.23. The summed E-state index contributed by atoms with van der Waals surface area (Å²) in [5, 5.41) is 0.374. The van der Waals surface area contributed by atoms with Crippen LogP contribution in [0.2, 0.25) is 5.02 Å². The third kappa shape index (κ3) is 2.96. The highest BCUT2D eigenvalue weighted by Gasteiger charge is 2.27. The highest BCUT2D eigenvalue weighted by molar-refractivity contribution is 6.36. The van der Waals surface area contributed by atoms with Gasteiger partial charge in [0.25, 0.3) is 5.91 Å². The molecule has 0 aliphatic heterocycles. The van der Waals surface area contributed by atoms with Gasteiger partial charge < -0.3 is 10.6 Å². The molecule has 1 amide bonds. The Morgan fingerprint density at radius 1 is 1.50 bits per heavy atom. The monoisotopic (exact) mass is 266 g/mol. The lowest BCUT2D eigenvalue weighted by Gasteiger charge is -2.22. The summed E-state index contributed by atoms with van der Waals surface area (Å²) in [4.78, 5) is 14.4. The van der Waals surface area contributed by atoms with Gasteiger partial charge in [-0.1, -0.05) is 24.6 Å². The Hall–Kier alpha value is -1.22. The first-order valence-corrected chi connectivity index (χ1v) is 6.84. The van der Waals surface area contributed by atoms with E-state index in [1.165, 1.54) is 12.8 Å². The van der Waals surface area contributed by atoms with Crippen molar-refractivity contribution in [1.29, 1.82) is 0 Å². The first-order chi connectivity index (χ1) is 8.63. The zero-order chi connectivity index (χ0) is 13.1. The molecule has 1 fully saturated rings. The summed E-state index contributed by atoms with van der Waals surface area (Å²) in [5.74, 6) is 0.682. The van der Waals surface area contributed by atoms with Crippen LogP contribution >= 0.6 is 11.6 Å². The minimum Gasteiger partial charge on any atom is -0.398 e. The van der Waals surface area contributed by atoms with Crippen LogP contribution in [0.25, 0.3) is 0 Å². The van der Waals surface area contributed by atoms with Crippen LogP contribution in [0.1, 0.15) is 36.5 Å². The molecule has 0 spiro atoms. The number of rotatable bonds is 5. The number of anilines is 1. The summed E-state index contributed by atoms with van der Waals surface area (Å²) >= 11 is 6.11. The Labute approximate surface area is 113 Å². The number of benzene rings is 1. The number of carbonyl (C=O) groups excluding carboxylic acids is 1. The maximum atomic E-state index is 12.5. The smallest absolute Gasteiger partial charge is 0.255 e. The number of hydrogen-bond acceptors (Lipinski definition) is 2. The summed E-state index contributed by atoms with van der Waals surface area (Å²) in [6.45, 7) is 3.70. The summed E-state index contributed by atoms with van der Waals surface area (Å²) in [5.41, 5.74) is 6.73. The maximum absolute atomic E-state index is 12.5. The molecule has 0 radical (unpaired) electrons. The second kappa shape index (κ2) is 5.61. The topological polar surface area (TPSA) is 46.3 Å². The van der Waals surface area contributed by atoms with Crippen molar-refractivity contribution in [3.05, 3.63) is 28.8 Å². The van der Waals surface area contributed by atoms with Crippen molar-refractivity contribution in [2.45, 2.75) is 26.2 Å². The average Bonchev–Trinajstić information content (AvgIpc) is 3.15. The van der Waals surface area contributed by atoms with Crippen LogP contribution in [-0.4, -0.2) is 23.9 Å². The third-order valence-corrected chi connectivity index (χ3v) is 3.64. The lowest BCUT2D eigenvalue weighted by atomic mass is 10.1. The summed E-state index contributed by atoms with van der Waals surface area (Å²) < 4.78 is 0. The van der Waals surface area contributed by atoms with Gasteiger partial charge in [0.1, 0.15) is 0 Å². The summed E-state index contributed by atoms with van der Waals surface area (Å²) in [7, 11) is 0. The zero-order valence-electron chi connectivity index (χ0n) is 10.7. The molecular weight excluding hydrogens is 248 g/mol. The zero-order valence-corrected chi connectivity index (χ0v) is 11.4. The second-order valence-corrected chi connectivity index (χ2v) is 5.28. The van der Waals surface area contributed by atoms with Gasteiger partial charge in [-0.3, -0.25) is 4.79 Å². The van der Waals surface area contributed by atoms with E-state index in [-0.39, 0.29) is 5.91 Å². The van der Waals surface area contributed by atoms with Crippen molar-refractivity contribution >= 4 is 23.2 Å². The van der Waals surface area contributed by atoms with E-state index in [2.05, 4.69) is 6.92 Å². The van der Waals surface area contributed by atoms with Crippen molar-refractivity contribution in [1.82, 2.24) is 4.90 Å². The van der Waals surface area contributed by atoms with Gasteiger partial charge in [-0.25, -0.2) is 0 Å². The fourth-order valence-electron chi connectivity index (χ4n) is 2.04. The van der Waals surface area contributed by atoms with Crippen LogP contribution in [0.4, 0.5) is 5.69 Å². The lowest BCUT2D eigenvalue weighted by molar-refractivity contribution is 0.0748. The number of halogens is 1. The minimum atomic E-state index is 0.000972. The molecule has 1 aromatic rings. The van der Waals surface area contributed by atoms with Gasteiger partial charge in [0, 0.05) is 13.1 Å². The first kappa shape index (κ1) is 13.2. The average molecular weight is 267 g/mol. The Kier molecular flexibility index (Phi) is 4.12. The molecule has 0 heterocycles. The van der Waals surface area contributed by atoms with Crippen LogP contribution in [0, 0.1) is 5.92 Å². The first-order valence-electron chi connectivity index (χ1n) is 6.46. The SMILES string of the molecule is CCCN(CC1CC1)C(=O)c1cccc(N)c1Cl. The molecule has 1 saturated carbocycles. The number of carbonyl (C=O) groups is 1. The molecule has 98 valence electrons. The molecule has 1 aliphatic rings. The van der Waals surface area contributed by atoms with Crippen molar-refractivity contribution in [3.8, 4) is 0 Å². The molecule has 4 heteroatoms. The minimum absolute atomic E-state index is 0.000972. The standard InChI is InChI=1S/C14H19ClN2O/c1-2-8-17(9-10-6-7-10)14(18)11-4-3-5-12(16)13(11)15/h3-5,10H,2,6-9,16H2,1H3. The van der Waals surface area contributed by atoms with E-state index in [0.29, 0.717) is 22.2 Å². The van der Waals surface area contributed by atoms with Crippen LogP contribution in [-0.2, 0) is 0 Å². The predicted octanol–water partition coefficient (Wildman–Crippen LogP) is 3.18. The fourth-order valence-corrected chi connectivity index (χ4v) is 2.25. The van der Waals surface area contributed by atoms with Gasteiger partial charge in [-0.15, -0.1) is 0 Å². The molecule has 0 aromatic heterocycles. The van der Waals surface area contributed by atoms with E-state index in [0.717, 1.165) is 19.5 Å². The van der Waals surface area contributed by atoms with Crippen LogP contribution < -0.4 is 5.73 Å². The van der Waals surface area contributed by atoms with Crippen molar-refractivity contribution < 1.29 is 4.79 Å². The molecule has 1 aromatic carbocycles. The van der Waals surface area contributed by atoms with Gasteiger partial charge in [0.15, 0.2) is 0 Å². The van der Waals surface area contributed by atoms with E-state index in [1.807, 2.05) is 4.90 Å². The lowest BCUT2D eigenvalue weighted by Crippen LogP contribution is -2.33. The number of nitrogens with zero attached hydrogens (tertiary/aromatic N) is 1. The Balaban J connectivity index is 2.17. The van der Waals surface area contributed by atoms with Crippen molar-refractivity contribution in [3.63, 3.8) is 0 Å². The predicted molar refractivity (Wildman–Crippen MR) is 74.8 cm³/mol. The fraction of sp³-hybridized carbons (Fsp3) is 0.500. The molecular formula is C14H19ClN2O. The van der Waals surface area contributed by atoms with Crippen molar-refractivity contribution in [2.75, 3.05) is 18.8 Å². The Morgan fingerprint density at radius 3 is 2.83 bits per heavy atom. The maximum Gasteiger partial charge on any atom is 0.255 e. The van der Waals surface area contributed by atoms with Crippen LogP contribution in [0.5, 0.6) is 0 Å². The normalized spacial score (nSPS) is 14.6. The number of nitrogens with two attached hydrogens (primary N) is 1. The number of amides is 1. The van der Waals surface area contributed by atoms with Gasteiger partial charge in [-0.05, 0) is 37.3 Å².